The van der Waals surface area contributed by atoms with E-state index in [-0.39, 0.29) is 43.0 Å². The summed E-state index contributed by atoms with van der Waals surface area (Å²) in [5.74, 6) is 1.00. The quantitative estimate of drug-likeness (QED) is 0.165. The zero-order valence-electron chi connectivity index (χ0n) is 24.3. The Kier molecular flexibility index (Phi) is 10.9. The van der Waals surface area contributed by atoms with Crippen molar-refractivity contribution < 1.29 is 23.7 Å². The molecule has 222 valence electrons. The van der Waals surface area contributed by atoms with Crippen LogP contribution in [0, 0.1) is 10.8 Å². The lowest BCUT2D eigenvalue weighted by Gasteiger charge is -2.27. The lowest BCUT2D eigenvalue weighted by molar-refractivity contribution is 0.0924. The van der Waals surface area contributed by atoms with Crippen LogP contribution in [0.4, 0.5) is 0 Å². The van der Waals surface area contributed by atoms with Gasteiger partial charge in [-0.15, -0.1) is 0 Å². The molecule has 0 unspecified atom stereocenters. The van der Waals surface area contributed by atoms with Crippen LogP contribution in [0.5, 0.6) is 11.5 Å². The fourth-order valence-electron chi connectivity index (χ4n) is 4.80. The van der Waals surface area contributed by atoms with Crippen molar-refractivity contribution in [3.63, 3.8) is 0 Å². The molecule has 0 saturated heterocycles. The monoisotopic (exact) mass is 572 g/mol. The minimum absolute atomic E-state index is 0.0815. The summed E-state index contributed by atoms with van der Waals surface area (Å²) in [5.41, 5.74) is 9.54. The normalized spacial score (nSPS) is 16.3. The highest BCUT2D eigenvalue weighted by molar-refractivity contribution is 5.95. The van der Waals surface area contributed by atoms with Crippen LogP contribution in [0.2, 0.25) is 0 Å². The first-order valence-electron chi connectivity index (χ1n) is 14.4. The Morgan fingerprint density at radius 1 is 0.762 bits per heavy atom. The Labute approximate surface area is 247 Å². The molecule has 1 amide bonds. The average molecular weight is 573 g/mol. The molecule has 9 heteroatoms. The zero-order chi connectivity index (χ0) is 29.9. The van der Waals surface area contributed by atoms with Gasteiger partial charge in [0.25, 0.3) is 5.91 Å². The van der Waals surface area contributed by atoms with Crippen molar-refractivity contribution in [3.05, 3.63) is 94.5 Å². The summed E-state index contributed by atoms with van der Waals surface area (Å²) in [6.45, 7) is 5.00. The maximum atomic E-state index is 13.3. The van der Waals surface area contributed by atoms with E-state index in [4.69, 9.17) is 35.5 Å². The molecular weight excluding hydrogens is 532 g/mol. The maximum Gasteiger partial charge on any atom is 0.251 e. The summed E-state index contributed by atoms with van der Waals surface area (Å²) in [7, 11) is 0. The second-order valence-corrected chi connectivity index (χ2v) is 10.3. The number of rotatable bonds is 12. The molecule has 0 heterocycles. The molecule has 0 radical (unpaired) electrons. The van der Waals surface area contributed by atoms with Crippen molar-refractivity contribution >= 4 is 17.7 Å². The second kappa shape index (κ2) is 15.0. The molecule has 0 bridgehead atoms. The van der Waals surface area contributed by atoms with Gasteiger partial charge in [0.1, 0.15) is 24.7 Å². The standard InChI is InChI=1S/C33H40N4O5/c1-3-39-31(35)24-9-5-7-22(15-24)20-41-29-17-26(33(38)37-28-13-11-27(34)12-14-28)18-30(19-29)42-21-23-8-6-10-25(16-23)32(36)40-4-2/h5-10,15-19,27-28,35-36H,3-4,11-14,20-21,34H2,1-2H3,(H,37,38). The molecule has 5 N–H and O–H groups in total. The van der Waals surface area contributed by atoms with Gasteiger partial charge in [-0.05, 0) is 87.1 Å². The zero-order valence-corrected chi connectivity index (χ0v) is 24.3. The lowest BCUT2D eigenvalue weighted by Crippen LogP contribution is -2.40. The molecule has 3 aromatic rings. The molecule has 0 aliphatic heterocycles. The van der Waals surface area contributed by atoms with E-state index in [1.165, 1.54) is 0 Å². The van der Waals surface area contributed by atoms with Crippen LogP contribution in [-0.4, -0.2) is 43.0 Å². The maximum absolute atomic E-state index is 13.3. The molecule has 3 aromatic carbocycles. The number of benzene rings is 3. The smallest absolute Gasteiger partial charge is 0.251 e. The minimum Gasteiger partial charge on any atom is -0.489 e. The van der Waals surface area contributed by atoms with Crippen molar-refractivity contribution in [1.29, 1.82) is 10.8 Å². The van der Waals surface area contributed by atoms with E-state index in [9.17, 15) is 4.79 Å². The van der Waals surface area contributed by atoms with Crippen molar-refractivity contribution in [2.45, 2.75) is 64.8 Å². The average Bonchev–Trinajstić information content (AvgIpc) is 3.00. The molecule has 1 aliphatic rings. The van der Waals surface area contributed by atoms with Gasteiger partial charge in [0.2, 0.25) is 11.8 Å². The highest BCUT2D eigenvalue weighted by Gasteiger charge is 2.21. The second-order valence-electron chi connectivity index (χ2n) is 10.3. The molecule has 0 aromatic heterocycles. The predicted molar refractivity (Wildman–Crippen MR) is 163 cm³/mol. The van der Waals surface area contributed by atoms with Gasteiger partial charge in [0, 0.05) is 34.8 Å². The van der Waals surface area contributed by atoms with E-state index in [0.717, 1.165) is 36.8 Å². The van der Waals surface area contributed by atoms with Gasteiger partial charge in [-0.3, -0.25) is 15.6 Å². The Balaban J connectivity index is 1.51. The van der Waals surface area contributed by atoms with Crippen LogP contribution in [0.3, 0.4) is 0 Å². The molecular formula is C33H40N4O5. The topological polar surface area (TPSA) is 140 Å². The Morgan fingerprint density at radius 3 is 1.74 bits per heavy atom. The number of nitrogens with one attached hydrogen (secondary N) is 3. The molecule has 9 nitrogen and oxygen atoms in total. The third-order valence-corrected chi connectivity index (χ3v) is 7.02. The third kappa shape index (κ3) is 8.81. The van der Waals surface area contributed by atoms with E-state index in [1.54, 1.807) is 18.2 Å². The summed E-state index contributed by atoms with van der Waals surface area (Å²) in [6.07, 6.45) is 3.49. The van der Waals surface area contributed by atoms with Gasteiger partial charge in [-0.1, -0.05) is 24.3 Å². The molecule has 42 heavy (non-hydrogen) atoms. The first-order chi connectivity index (χ1) is 20.3. The molecule has 0 spiro atoms. The van der Waals surface area contributed by atoms with Crippen molar-refractivity contribution in [2.24, 2.45) is 5.73 Å². The number of ether oxygens (including phenoxy) is 4. The summed E-state index contributed by atoms with van der Waals surface area (Å²) >= 11 is 0. The van der Waals surface area contributed by atoms with Crippen molar-refractivity contribution in [1.82, 2.24) is 5.32 Å². The van der Waals surface area contributed by atoms with Crippen LogP contribution in [0.15, 0.2) is 66.7 Å². The third-order valence-electron chi connectivity index (χ3n) is 7.02. The number of carbonyl (C=O) groups is 1. The van der Waals surface area contributed by atoms with Crippen molar-refractivity contribution in [3.8, 4) is 11.5 Å². The Morgan fingerprint density at radius 2 is 1.26 bits per heavy atom. The highest BCUT2D eigenvalue weighted by Crippen LogP contribution is 2.26. The van der Waals surface area contributed by atoms with Crippen LogP contribution in [0.25, 0.3) is 0 Å². The number of amides is 1. The van der Waals surface area contributed by atoms with E-state index in [0.29, 0.717) is 41.4 Å². The highest BCUT2D eigenvalue weighted by atomic mass is 16.5. The summed E-state index contributed by atoms with van der Waals surface area (Å²) in [4.78, 5) is 13.3. The van der Waals surface area contributed by atoms with Gasteiger partial charge < -0.3 is 30.0 Å². The summed E-state index contributed by atoms with van der Waals surface area (Å²) in [5, 5.41) is 19.3. The summed E-state index contributed by atoms with van der Waals surface area (Å²) in [6, 6.07) is 20.4. The van der Waals surface area contributed by atoms with E-state index >= 15 is 0 Å². The molecule has 4 rings (SSSR count). The van der Waals surface area contributed by atoms with Gasteiger partial charge in [-0.2, -0.15) is 0 Å². The largest absolute Gasteiger partial charge is 0.489 e. The lowest BCUT2D eigenvalue weighted by atomic mass is 9.91. The molecule has 0 atom stereocenters. The van der Waals surface area contributed by atoms with E-state index < -0.39 is 0 Å². The molecule has 1 fully saturated rings. The minimum atomic E-state index is -0.190. The van der Waals surface area contributed by atoms with Gasteiger partial charge >= 0.3 is 0 Å². The predicted octanol–water partition coefficient (Wildman–Crippen LogP) is 5.57. The van der Waals surface area contributed by atoms with Gasteiger partial charge in [-0.25, -0.2) is 0 Å². The Bertz CT molecular complexity index is 1300. The fourth-order valence-corrected chi connectivity index (χ4v) is 4.80. The summed E-state index contributed by atoms with van der Waals surface area (Å²) < 4.78 is 22.9. The molecule has 1 saturated carbocycles. The first-order valence-corrected chi connectivity index (χ1v) is 14.4. The number of carbonyl (C=O) groups excluding carboxylic acids is 1. The van der Waals surface area contributed by atoms with Gasteiger partial charge in [0.05, 0.1) is 13.2 Å². The van der Waals surface area contributed by atoms with Crippen LogP contribution < -0.4 is 20.5 Å². The van der Waals surface area contributed by atoms with Crippen molar-refractivity contribution in [2.75, 3.05) is 13.2 Å². The molecule has 1 aliphatic carbocycles. The van der Waals surface area contributed by atoms with Gasteiger partial charge in [0.15, 0.2) is 0 Å². The number of nitrogens with two attached hydrogens (primary N) is 1. The Hall–Kier alpha value is -4.37. The van der Waals surface area contributed by atoms with Crippen LogP contribution in [-0.2, 0) is 22.7 Å². The van der Waals surface area contributed by atoms with E-state index in [1.807, 2.05) is 62.4 Å². The fraction of sp³-hybridized carbons (Fsp3) is 0.364. The number of hydrogen-bond acceptors (Lipinski definition) is 8. The van der Waals surface area contributed by atoms with Crippen LogP contribution in [0.1, 0.15) is 72.1 Å². The first kappa shape index (κ1) is 30.6. The van der Waals surface area contributed by atoms with Crippen LogP contribution >= 0.6 is 0 Å². The SMILES string of the molecule is CCOC(=N)c1cccc(COc2cc(OCc3cccc(C(=N)OCC)c3)cc(C(=O)NC3CCC(N)CC3)c2)c1. The van der Waals surface area contributed by atoms with E-state index in [2.05, 4.69) is 5.32 Å². The number of hydrogen-bond donors (Lipinski definition) is 4.